The highest BCUT2D eigenvalue weighted by molar-refractivity contribution is 7.26. The zero-order chi connectivity index (χ0) is 29.3. The Hall–Kier alpha value is -5.44. The summed E-state index contributed by atoms with van der Waals surface area (Å²) in [5.74, 6) is 0. The van der Waals surface area contributed by atoms with E-state index in [2.05, 4.69) is 157 Å². The van der Waals surface area contributed by atoms with Gasteiger partial charge in [-0.15, -0.1) is 11.3 Å². The molecule has 1 unspecified atom stereocenters. The van der Waals surface area contributed by atoms with Gasteiger partial charge in [0.2, 0.25) is 0 Å². The maximum absolute atomic E-state index is 2.51. The lowest BCUT2D eigenvalue weighted by Gasteiger charge is -2.30. The Morgan fingerprint density at radius 1 is 0.422 bits per heavy atom. The monoisotopic (exact) mass is 587 g/mol. The van der Waals surface area contributed by atoms with Crippen molar-refractivity contribution in [2.75, 3.05) is 4.90 Å². The topological polar surface area (TPSA) is 3.24 Å². The van der Waals surface area contributed by atoms with E-state index in [1.165, 1.54) is 87.2 Å². The van der Waals surface area contributed by atoms with Crippen LogP contribution in [0.4, 0.5) is 17.1 Å². The van der Waals surface area contributed by atoms with E-state index in [0.29, 0.717) is 0 Å². The van der Waals surface area contributed by atoms with Crippen molar-refractivity contribution in [1.29, 1.82) is 0 Å². The predicted octanol–water partition coefficient (Wildman–Crippen LogP) is 11.8. The van der Waals surface area contributed by atoms with Crippen molar-refractivity contribution in [3.05, 3.63) is 174 Å². The van der Waals surface area contributed by atoms with E-state index in [1.54, 1.807) is 0 Å². The third kappa shape index (κ3) is 2.80. The second-order valence-corrected chi connectivity index (χ2v) is 13.5. The molecule has 0 aliphatic heterocycles. The van der Waals surface area contributed by atoms with Gasteiger partial charge in [0, 0.05) is 31.5 Å². The lowest BCUT2D eigenvalue weighted by molar-refractivity contribution is 0.818. The summed E-state index contributed by atoms with van der Waals surface area (Å²) >= 11 is 1.87. The molecule has 1 nitrogen and oxygen atoms in total. The predicted molar refractivity (Wildman–Crippen MR) is 189 cm³/mol. The Morgan fingerprint density at radius 2 is 1.02 bits per heavy atom. The number of fused-ring (bicyclic) bond motifs is 8. The standard InChI is InChI=1S/C43H25NS/c1-2-11-26(12-3-1)44(37-20-10-22-39-40(37)34-14-5-7-21-38(34)45-39)27-23-24-29-31-16-9-18-33-32-17-8-15-30-28-13-4-6-19-35(28)43(41(30)32,42(31)33)36(29)25-27/h1-25H. The Kier molecular flexibility index (Phi) is 4.46. The molecule has 0 saturated heterocycles. The van der Waals surface area contributed by atoms with Gasteiger partial charge in [0.05, 0.1) is 11.1 Å². The van der Waals surface area contributed by atoms with Gasteiger partial charge < -0.3 is 4.90 Å². The minimum absolute atomic E-state index is 0.302. The molecule has 3 aliphatic carbocycles. The van der Waals surface area contributed by atoms with Crippen molar-refractivity contribution in [3.8, 4) is 33.4 Å². The van der Waals surface area contributed by atoms with E-state index in [-0.39, 0.29) is 5.41 Å². The quantitative estimate of drug-likeness (QED) is 0.199. The molecule has 2 heteroatoms. The number of thiophene rings is 1. The average Bonchev–Trinajstić information content (AvgIpc) is 3.81. The zero-order valence-corrected chi connectivity index (χ0v) is 25.1. The van der Waals surface area contributed by atoms with Gasteiger partial charge in [0.15, 0.2) is 0 Å². The largest absolute Gasteiger partial charge is 0.310 e. The van der Waals surface area contributed by atoms with E-state index in [4.69, 9.17) is 0 Å². The highest BCUT2D eigenvalue weighted by Crippen LogP contribution is 2.70. The molecule has 0 fully saturated rings. The van der Waals surface area contributed by atoms with Gasteiger partial charge >= 0.3 is 0 Å². The first-order valence-electron chi connectivity index (χ1n) is 15.6. The van der Waals surface area contributed by atoms with Crippen molar-refractivity contribution in [1.82, 2.24) is 0 Å². The normalized spacial score (nSPS) is 16.1. The van der Waals surface area contributed by atoms with Crippen LogP contribution in [0.1, 0.15) is 22.3 Å². The minimum atomic E-state index is -0.302. The molecule has 0 saturated carbocycles. The lowest BCUT2D eigenvalue weighted by Crippen LogP contribution is -2.23. The van der Waals surface area contributed by atoms with E-state index in [9.17, 15) is 0 Å². The molecular formula is C43H25NS. The van der Waals surface area contributed by atoms with Gasteiger partial charge in [-0.05, 0) is 98.1 Å². The van der Waals surface area contributed by atoms with E-state index < -0.39 is 0 Å². The lowest BCUT2D eigenvalue weighted by atomic mass is 9.73. The van der Waals surface area contributed by atoms with Crippen LogP contribution in [0.25, 0.3) is 53.6 Å². The van der Waals surface area contributed by atoms with Gasteiger partial charge in [-0.2, -0.15) is 0 Å². The molecule has 3 aliphatic rings. The summed E-state index contributed by atoms with van der Waals surface area (Å²) in [6.07, 6.45) is 0. The van der Waals surface area contributed by atoms with Gasteiger partial charge in [0.25, 0.3) is 0 Å². The number of hydrogen-bond acceptors (Lipinski definition) is 2. The van der Waals surface area contributed by atoms with Gasteiger partial charge in [-0.3, -0.25) is 0 Å². The van der Waals surface area contributed by atoms with Crippen LogP contribution >= 0.6 is 11.3 Å². The molecule has 0 radical (unpaired) electrons. The maximum Gasteiger partial charge on any atom is 0.0738 e. The van der Waals surface area contributed by atoms with Crippen molar-refractivity contribution in [2.45, 2.75) is 5.41 Å². The number of nitrogens with zero attached hydrogens (tertiary/aromatic N) is 1. The molecule has 1 spiro atoms. The Morgan fingerprint density at radius 3 is 1.82 bits per heavy atom. The second-order valence-electron chi connectivity index (χ2n) is 12.4. The molecule has 8 aromatic rings. The van der Waals surface area contributed by atoms with Crippen LogP contribution in [0.3, 0.4) is 0 Å². The molecule has 11 rings (SSSR count). The molecule has 208 valence electrons. The molecule has 0 amide bonds. The summed E-state index contributed by atoms with van der Waals surface area (Å²) in [6, 6.07) is 56.6. The van der Waals surface area contributed by atoms with E-state index in [1.807, 2.05) is 11.3 Å². The molecule has 0 bridgehead atoms. The summed E-state index contributed by atoms with van der Waals surface area (Å²) in [7, 11) is 0. The number of rotatable bonds is 3. The zero-order valence-electron chi connectivity index (χ0n) is 24.3. The highest BCUT2D eigenvalue weighted by Gasteiger charge is 2.57. The van der Waals surface area contributed by atoms with E-state index >= 15 is 0 Å². The van der Waals surface area contributed by atoms with Crippen molar-refractivity contribution in [2.24, 2.45) is 0 Å². The fourth-order valence-electron chi connectivity index (χ4n) is 8.83. The van der Waals surface area contributed by atoms with Crippen molar-refractivity contribution < 1.29 is 0 Å². The number of anilines is 3. The first-order chi connectivity index (χ1) is 22.3. The number of para-hydroxylation sites is 1. The third-order valence-electron chi connectivity index (χ3n) is 10.4. The second kappa shape index (κ2) is 8.38. The third-order valence-corrected chi connectivity index (χ3v) is 11.5. The van der Waals surface area contributed by atoms with Gasteiger partial charge in [0.1, 0.15) is 0 Å². The smallest absolute Gasteiger partial charge is 0.0738 e. The SMILES string of the molecule is c1ccc(N(c2ccc3c(c2)C24c5ccccc5-c5cccc(c52)-c2cccc-3c24)c2cccc3sc4ccccc4c23)cc1. The fourth-order valence-corrected chi connectivity index (χ4v) is 9.95. The molecule has 1 atom stereocenters. The summed E-state index contributed by atoms with van der Waals surface area (Å²) in [5.41, 5.74) is 17.2. The fraction of sp³-hybridized carbons (Fsp3) is 0.0233. The first-order valence-corrected chi connectivity index (χ1v) is 16.4. The summed E-state index contributed by atoms with van der Waals surface area (Å²) < 4.78 is 2.63. The van der Waals surface area contributed by atoms with Gasteiger partial charge in [-0.25, -0.2) is 0 Å². The van der Waals surface area contributed by atoms with Crippen LogP contribution in [0.15, 0.2) is 152 Å². The number of hydrogen-bond donors (Lipinski definition) is 0. The Labute approximate surface area is 265 Å². The Balaban J connectivity index is 1.24. The molecule has 7 aromatic carbocycles. The van der Waals surface area contributed by atoms with Crippen LogP contribution in [0.5, 0.6) is 0 Å². The van der Waals surface area contributed by atoms with Gasteiger partial charge in [-0.1, -0.05) is 109 Å². The van der Waals surface area contributed by atoms with Crippen LogP contribution < -0.4 is 4.90 Å². The van der Waals surface area contributed by atoms with Crippen LogP contribution in [0.2, 0.25) is 0 Å². The molecule has 0 N–H and O–H groups in total. The summed E-state index contributed by atoms with van der Waals surface area (Å²) in [5, 5.41) is 2.62. The molecular weight excluding hydrogens is 563 g/mol. The molecule has 1 heterocycles. The highest BCUT2D eigenvalue weighted by atomic mass is 32.1. The molecule has 1 aromatic heterocycles. The summed E-state index contributed by atoms with van der Waals surface area (Å²) in [6.45, 7) is 0. The van der Waals surface area contributed by atoms with Crippen molar-refractivity contribution >= 4 is 48.6 Å². The first kappa shape index (κ1) is 23.9. The average molecular weight is 588 g/mol. The maximum atomic E-state index is 2.51. The van der Waals surface area contributed by atoms with Crippen LogP contribution in [-0.2, 0) is 5.41 Å². The number of benzene rings is 7. The van der Waals surface area contributed by atoms with E-state index in [0.717, 1.165) is 5.69 Å². The van der Waals surface area contributed by atoms with Crippen LogP contribution in [-0.4, -0.2) is 0 Å². The van der Waals surface area contributed by atoms with Crippen molar-refractivity contribution in [3.63, 3.8) is 0 Å². The summed E-state index contributed by atoms with van der Waals surface area (Å²) in [4.78, 5) is 2.48. The Bertz CT molecular complexity index is 2520. The molecule has 45 heavy (non-hydrogen) atoms. The van der Waals surface area contributed by atoms with Crippen LogP contribution in [0, 0.1) is 0 Å². The minimum Gasteiger partial charge on any atom is -0.310 e.